The first kappa shape index (κ1) is 21.4. The van der Waals surface area contributed by atoms with E-state index in [1.165, 1.54) is 24.0 Å². The van der Waals surface area contributed by atoms with Crippen LogP contribution < -0.4 is 10.2 Å². The molecule has 176 valence electrons. The van der Waals surface area contributed by atoms with Gasteiger partial charge in [0, 0.05) is 62.7 Å². The van der Waals surface area contributed by atoms with Crippen LogP contribution in [0.2, 0.25) is 0 Å². The molecule has 9 heteroatoms. The number of aromatic nitrogens is 7. The lowest BCUT2D eigenvalue weighted by Crippen LogP contribution is -2.17. The quantitative estimate of drug-likeness (QED) is 0.376. The zero-order chi connectivity index (χ0) is 23.5. The molecule has 0 amide bonds. The van der Waals surface area contributed by atoms with Gasteiger partial charge in [-0.1, -0.05) is 11.3 Å². The van der Waals surface area contributed by atoms with E-state index in [0.29, 0.717) is 6.54 Å². The first-order valence-corrected chi connectivity index (χ1v) is 12.0. The molecule has 1 aliphatic rings. The van der Waals surface area contributed by atoms with Gasteiger partial charge < -0.3 is 14.6 Å². The highest BCUT2D eigenvalue weighted by Gasteiger charge is 2.14. The molecule has 0 atom stereocenters. The number of hydrogen-bond acceptors (Lipinski definition) is 7. The summed E-state index contributed by atoms with van der Waals surface area (Å²) in [6.45, 7) is 4.33. The maximum Gasteiger partial charge on any atom is 0.137 e. The summed E-state index contributed by atoms with van der Waals surface area (Å²) in [5, 5.41) is 12.2. The maximum absolute atomic E-state index is 4.75. The summed E-state index contributed by atoms with van der Waals surface area (Å²) in [5.41, 5.74) is 7.24. The van der Waals surface area contributed by atoms with Crippen LogP contribution in [0, 0.1) is 0 Å². The van der Waals surface area contributed by atoms with Crippen LogP contribution in [0.5, 0.6) is 0 Å². The van der Waals surface area contributed by atoms with E-state index in [9.17, 15) is 0 Å². The molecule has 1 fully saturated rings. The highest BCUT2D eigenvalue weighted by molar-refractivity contribution is 5.63. The van der Waals surface area contributed by atoms with Crippen LogP contribution in [0.15, 0.2) is 73.7 Å². The fraction of sp³-hybridized carbons (Fsp3) is 0.269. The Balaban J connectivity index is 1.12. The molecule has 6 heterocycles. The number of anilines is 1. The molecule has 1 aliphatic heterocycles. The number of nitrogens with zero attached hydrogens (tertiary/aromatic N) is 8. The molecule has 0 unspecified atom stereocenters. The van der Waals surface area contributed by atoms with E-state index in [1.54, 1.807) is 0 Å². The molecule has 0 radical (unpaired) electrons. The van der Waals surface area contributed by atoms with Crippen LogP contribution in [0.25, 0.3) is 16.9 Å². The molecule has 0 spiro atoms. The molecule has 5 aromatic heterocycles. The first-order valence-electron chi connectivity index (χ1n) is 12.0. The van der Waals surface area contributed by atoms with Gasteiger partial charge in [0.15, 0.2) is 0 Å². The largest absolute Gasteiger partial charge is 0.370 e. The minimum atomic E-state index is 0.559. The zero-order valence-corrected chi connectivity index (χ0v) is 19.5. The molecule has 9 nitrogen and oxygen atoms in total. The van der Waals surface area contributed by atoms with Gasteiger partial charge in [-0.05, 0) is 48.2 Å². The van der Waals surface area contributed by atoms with Crippen LogP contribution in [-0.4, -0.2) is 47.4 Å². The van der Waals surface area contributed by atoms with Gasteiger partial charge in [-0.3, -0.25) is 9.97 Å². The maximum atomic E-state index is 4.75. The average Bonchev–Trinajstić information content (AvgIpc) is 3.66. The van der Waals surface area contributed by atoms with Gasteiger partial charge in [0.25, 0.3) is 0 Å². The molecule has 0 bridgehead atoms. The first-order chi connectivity index (χ1) is 17.3. The molecular weight excluding hydrogens is 438 g/mol. The lowest BCUT2D eigenvalue weighted by molar-refractivity contribution is 0.641. The molecule has 1 N–H and O–H groups in total. The summed E-state index contributed by atoms with van der Waals surface area (Å²) < 4.78 is 3.90. The van der Waals surface area contributed by atoms with Crippen molar-refractivity contribution in [3.63, 3.8) is 0 Å². The second-order valence-electron chi connectivity index (χ2n) is 8.92. The number of imidazole rings is 1. The van der Waals surface area contributed by atoms with Crippen molar-refractivity contribution >= 4 is 11.3 Å². The Morgan fingerprint density at radius 1 is 0.857 bits per heavy atom. The zero-order valence-electron chi connectivity index (χ0n) is 19.5. The second-order valence-corrected chi connectivity index (χ2v) is 8.92. The summed E-state index contributed by atoms with van der Waals surface area (Å²) >= 11 is 0. The van der Waals surface area contributed by atoms with Crippen molar-refractivity contribution in [1.29, 1.82) is 0 Å². The SMILES string of the molecule is c1cc(CNCc2ccc3nc(Cn4cc(-c5cncc(N6CCCC6)c5)nn4)cn3c2)ccn1. The van der Waals surface area contributed by atoms with Crippen molar-refractivity contribution in [3.05, 3.63) is 90.5 Å². The third-order valence-electron chi connectivity index (χ3n) is 6.32. The minimum absolute atomic E-state index is 0.559. The van der Waals surface area contributed by atoms with E-state index in [0.717, 1.165) is 54.5 Å². The normalized spacial score (nSPS) is 13.7. The molecular formula is C26H27N9. The van der Waals surface area contributed by atoms with Gasteiger partial charge >= 0.3 is 0 Å². The van der Waals surface area contributed by atoms with Crippen LogP contribution in [0.1, 0.15) is 29.7 Å². The second kappa shape index (κ2) is 9.63. The van der Waals surface area contributed by atoms with E-state index < -0.39 is 0 Å². The molecule has 0 aliphatic carbocycles. The van der Waals surface area contributed by atoms with Crippen molar-refractivity contribution in [2.24, 2.45) is 0 Å². The Labute approximate surface area is 203 Å². The van der Waals surface area contributed by atoms with Crippen molar-refractivity contribution in [3.8, 4) is 11.3 Å². The molecule has 5 aromatic rings. The summed E-state index contributed by atoms with van der Waals surface area (Å²) in [6.07, 6.45) is 16.0. The Morgan fingerprint density at radius 3 is 2.60 bits per heavy atom. The van der Waals surface area contributed by atoms with Gasteiger partial charge in [0.2, 0.25) is 0 Å². The van der Waals surface area contributed by atoms with E-state index in [1.807, 2.05) is 47.8 Å². The van der Waals surface area contributed by atoms with Crippen LogP contribution in [-0.2, 0) is 19.6 Å². The summed E-state index contributed by atoms with van der Waals surface area (Å²) in [6, 6.07) is 10.4. The monoisotopic (exact) mass is 465 g/mol. The Morgan fingerprint density at radius 2 is 1.71 bits per heavy atom. The highest BCUT2D eigenvalue weighted by atomic mass is 15.4. The van der Waals surface area contributed by atoms with Gasteiger partial charge in [0.05, 0.1) is 30.3 Å². The third kappa shape index (κ3) is 4.90. The Hall–Kier alpha value is -4.11. The third-order valence-corrected chi connectivity index (χ3v) is 6.32. The van der Waals surface area contributed by atoms with Crippen LogP contribution in [0.3, 0.4) is 0 Å². The molecule has 0 aromatic carbocycles. The summed E-state index contributed by atoms with van der Waals surface area (Å²) in [5.74, 6) is 0. The molecule has 6 rings (SSSR count). The van der Waals surface area contributed by atoms with Crippen molar-refractivity contribution in [2.45, 2.75) is 32.5 Å². The van der Waals surface area contributed by atoms with Crippen molar-refractivity contribution in [2.75, 3.05) is 18.0 Å². The number of pyridine rings is 3. The standard InChI is InChI=1S/C26H27N9/c1-2-10-33(9-1)24-11-22(14-29-15-24)25-19-35(32-31-25)18-23-17-34-16-21(3-4-26(34)30-23)13-28-12-20-5-7-27-8-6-20/h3-8,11,14-17,19,28H,1-2,9-10,12-13,18H2. The lowest BCUT2D eigenvalue weighted by atomic mass is 10.2. The van der Waals surface area contributed by atoms with E-state index in [4.69, 9.17) is 4.98 Å². The Kier molecular flexibility index (Phi) is 5.90. The van der Waals surface area contributed by atoms with E-state index in [-0.39, 0.29) is 0 Å². The fourth-order valence-electron chi connectivity index (χ4n) is 4.51. The van der Waals surface area contributed by atoms with Gasteiger partial charge in [0.1, 0.15) is 11.3 Å². The van der Waals surface area contributed by atoms with Crippen LogP contribution in [0.4, 0.5) is 5.69 Å². The number of nitrogens with one attached hydrogen (secondary N) is 1. The number of fused-ring (bicyclic) bond motifs is 1. The van der Waals surface area contributed by atoms with Crippen molar-refractivity contribution in [1.82, 2.24) is 39.7 Å². The van der Waals surface area contributed by atoms with Crippen molar-refractivity contribution < 1.29 is 0 Å². The number of rotatable bonds is 8. The fourth-order valence-corrected chi connectivity index (χ4v) is 4.51. The Bertz CT molecular complexity index is 1420. The molecule has 35 heavy (non-hydrogen) atoms. The number of hydrogen-bond donors (Lipinski definition) is 1. The summed E-state index contributed by atoms with van der Waals surface area (Å²) in [7, 11) is 0. The average molecular weight is 466 g/mol. The smallest absolute Gasteiger partial charge is 0.137 e. The van der Waals surface area contributed by atoms with Crippen LogP contribution >= 0.6 is 0 Å². The lowest BCUT2D eigenvalue weighted by Gasteiger charge is -2.17. The van der Waals surface area contributed by atoms with Gasteiger partial charge in [-0.15, -0.1) is 5.10 Å². The van der Waals surface area contributed by atoms with Gasteiger partial charge in [-0.2, -0.15) is 0 Å². The predicted octanol–water partition coefficient (Wildman–Crippen LogP) is 3.32. The van der Waals surface area contributed by atoms with E-state index >= 15 is 0 Å². The molecule has 1 saturated heterocycles. The van der Waals surface area contributed by atoms with E-state index in [2.05, 4.69) is 65.5 Å². The summed E-state index contributed by atoms with van der Waals surface area (Å²) in [4.78, 5) is 15.6. The topological polar surface area (TPSA) is 89.1 Å². The highest BCUT2D eigenvalue weighted by Crippen LogP contribution is 2.24. The minimum Gasteiger partial charge on any atom is -0.370 e. The van der Waals surface area contributed by atoms with Gasteiger partial charge in [-0.25, -0.2) is 9.67 Å². The predicted molar refractivity (Wildman–Crippen MR) is 134 cm³/mol. The molecule has 0 saturated carbocycles.